The summed E-state index contributed by atoms with van der Waals surface area (Å²) < 4.78 is 26.2. The van der Waals surface area contributed by atoms with Gasteiger partial charge in [0.15, 0.2) is 0 Å². The van der Waals surface area contributed by atoms with Gasteiger partial charge in [-0.1, -0.05) is 19.9 Å². The molecule has 0 saturated carbocycles. The average molecular weight is 331 g/mol. The van der Waals surface area contributed by atoms with Crippen LogP contribution in [0.1, 0.15) is 37.5 Å². The number of hydrogen-bond acceptors (Lipinski definition) is 4. The Bertz CT molecular complexity index is 504. The summed E-state index contributed by atoms with van der Waals surface area (Å²) in [6, 6.07) is 4.35. The first kappa shape index (κ1) is 16.9. The molecule has 2 rings (SSSR count). The van der Waals surface area contributed by atoms with Crippen molar-refractivity contribution in [2.24, 2.45) is 5.92 Å². The van der Waals surface area contributed by atoms with E-state index < -0.39 is 10.0 Å². The van der Waals surface area contributed by atoms with E-state index in [1.807, 2.05) is 25.2 Å². The second kappa shape index (κ2) is 7.72. The molecule has 1 fully saturated rings. The van der Waals surface area contributed by atoms with Gasteiger partial charge in [0.25, 0.3) is 0 Å². The van der Waals surface area contributed by atoms with E-state index in [9.17, 15) is 8.42 Å². The molecule has 6 heteroatoms. The van der Waals surface area contributed by atoms with Crippen LogP contribution >= 0.6 is 11.3 Å². The fraction of sp³-hybridized carbons (Fsp3) is 0.733. The summed E-state index contributed by atoms with van der Waals surface area (Å²) in [6.07, 6.45) is 2.36. The molecule has 0 bridgehead atoms. The average Bonchev–Trinajstić information content (AvgIpc) is 2.91. The summed E-state index contributed by atoms with van der Waals surface area (Å²) in [5.74, 6) is 1.08. The molecule has 120 valence electrons. The number of sulfonamides is 1. The Morgan fingerprint density at radius 2 is 2.10 bits per heavy atom. The minimum absolute atomic E-state index is 0.170. The lowest BCUT2D eigenvalue weighted by atomic mass is 9.95. The Labute approximate surface area is 132 Å². The fourth-order valence-corrected chi connectivity index (χ4v) is 5.12. The summed E-state index contributed by atoms with van der Waals surface area (Å²) in [6.45, 7) is 7.32. The topological polar surface area (TPSA) is 49.4 Å². The molecule has 1 aromatic heterocycles. The lowest BCUT2D eigenvalue weighted by Crippen LogP contribution is -2.40. The lowest BCUT2D eigenvalue weighted by molar-refractivity contribution is 0.217. The zero-order valence-electron chi connectivity index (χ0n) is 12.9. The highest BCUT2D eigenvalue weighted by Gasteiger charge is 2.21. The van der Waals surface area contributed by atoms with E-state index in [4.69, 9.17) is 0 Å². The van der Waals surface area contributed by atoms with Crippen molar-refractivity contribution in [2.45, 2.75) is 32.6 Å². The van der Waals surface area contributed by atoms with Crippen molar-refractivity contribution in [3.05, 3.63) is 22.4 Å². The molecule has 2 heterocycles. The van der Waals surface area contributed by atoms with Crippen LogP contribution in [0.4, 0.5) is 0 Å². The summed E-state index contributed by atoms with van der Waals surface area (Å²) in [5.41, 5.74) is 0. The molecule has 0 amide bonds. The molecular weight excluding hydrogens is 304 g/mol. The largest absolute Gasteiger partial charge is 0.302 e. The molecule has 0 unspecified atom stereocenters. The number of nitrogens with one attached hydrogen (secondary N) is 1. The van der Waals surface area contributed by atoms with E-state index >= 15 is 0 Å². The quantitative estimate of drug-likeness (QED) is 0.836. The zero-order chi connectivity index (χ0) is 15.3. The van der Waals surface area contributed by atoms with Crippen LogP contribution < -0.4 is 4.72 Å². The van der Waals surface area contributed by atoms with Crippen LogP contribution in [0, 0.1) is 5.92 Å². The molecule has 0 aromatic carbocycles. The van der Waals surface area contributed by atoms with Crippen molar-refractivity contribution in [3.8, 4) is 0 Å². The van der Waals surface area contributed by atoms with Gasteiger partial charge in [-0.05, 0) is 49.2 Å². The minimum Gasteiger partial charge on any atom is -0.302 e. The fourth-order valence-electron chi connectivity index (χ4n) is 2.82. The Morgan fingerprint density at radius 1 is 1.38 bits per heavy atom. The van der Waals surface area contributed by atoms with Gasteiger partial charge in [0, 0.05) is 18.0 Å². The van der Waals surface area contributed by atoms with Crippen LogP contribution in [0.2, 0.25) is 0 Å². The van der Waals surface area contributed by atoms with Gasteiger partial charge >= 0.3 is 0 Å². The second-order valence-electron chi connectivity index (χ2n) is 6.20. The number of thiophene rings is 1. The standard InChI is InChI=1S/C15H26N2O2S2/c1-13(2)12-21(18,19)16-7-10-17-8-5-14(6-9-17)15-4-3-11-20-15/h3-4,11,13-14,16H,5-10,12H2,1-2H3. The first-order valence-corrected chi connectivity index (χ1v) is 10.2. The van der Waals surface area contributed by atoms with E-state index in [2.05, 4.69) is 27.1 Å². The predicted octanol–water partition coefficient (Wildman–Crippen LogP) is 2.50. The molecule has 21 heavy (non-hydrogen) atoms. The first-order valence-electron chi connectivity index (χ1n) is 7.69. The molecule has 1 N–H and O–H groups in total. The zero-order valence-corrected chi connectivity index (χ0v) is 14.5. The van der Waals surface area contributed by atoms with Gasteiger partial charge in [-0.25, -0.2) is 13.1 Å². The van der Waals surface area contributed by atoms with E-state index in [0.717, 1.165) is 19.6 Å². The summed E-state index contributed by atoms with van der Waals surface area (Å²) in [5, 5.41) is 2.14. The number of rotatable bonds is 7. The highest BCUT2D eigenvalue weighted by Crippen LogP contribution is 2.30. The molecule has 0 atom stereocenters. The monoisotopic (exact) mass is 330 g/mol. The van der Waals surface area contributed by atoms with Crippen LogP contribution in [-0.4, -0.2) is 45.2 Å². The van der Waals surface area contributed by atoms with Crippen molar-refractivity contribution < 1.29 is 8.42 Å². The van der Waals surface area contributed by atoms with Gasteiger partial charge in [0.05, 0.1) is 5.75 Å². The predicted molar refractivity (Wildman–Crippen MR) is 89.4 cm³/mol. The van der Waals surface area contributed by atoms with E-state index in [1.165, 1.54) is 17.7 Å². The van der Waals surface area contributed by atoms with Gasteiger partial charge in [0.1, 0.15) is 0 Å². The van der Waals surface area contributed by atoms with Gasteiger partial charge < -0.3 is 4.90 Å². The highest BCUT2D eigenvalue weighted by molar-refractivity contribution is 7.89. The van der Waals surface area contributed by atoms with E-state index in [1.54, 1.807) is 0 Å². The summed E-state index contributed by atoms with van der Waals surface area (Å²) in [7, 11) is -3.10. The maximum Gasteiger partial charge on any atom is 0.211 e. The molecule has 4 nitrogen and oxygen atoms in total. The summed E-state index contributed by atoms with van der Waals surface area (Å²) >= 11 is 1.85. The van der Waals surface area contributed by atoms with Crippen molar-refractivity contribution >= 4 is 21.4 Å². The SMILES string of the molecule is CC(C)CS(=O)(=O)NCCN1CCC(c2cccs2)CC1. The molecule has 1 aliphatic rings. The molecule has 1 aromatic rings. The van der Waals surface area contributed by atoms with Gasteiger partial charge in [-0.15, -0.1) is 11.3 Å². The number of hydrogen-bond donors (Lipinski definition) is 1. The highest BCUT2D eigenvalue weighted by atomic mass is 32.2. The van der Waals surface area contributed by atoms with Crippen molar-refractivity contribution in [1.29, 1.82) is 0 Å². The van der Waals surface area contributed by atoms with Gasteiger partial charge in [0.2, 0.25) is 10.0 Å². The second-order valence-corrected chi connectivity index (χ2v) is 9.03. The van der Waals surface area contributed by atoms with Crippen LogP contribution in [0.5, 0.6) is 0 Å². The third-order valence-corrected chi connectivity index (χ3v) is 6.62. The van der Waals surface area contributed by atoms with E-state index in [0.29, 0.717) is 12.5 Å². The van der Waals surface area contributed by atoms with Gasteiger partial charge in [-0.2, -0.15) is 0 Å². The number of likely N-dealkylation sites (tertiary alicyclic amines) is 1. The maximum absolute atomic E-state index is 11.8. The third kappa shape index (κ3) is 5.70. The van der Waals surface area contributed by atoms with Gasteiger partial charge in [-0.3, -0.25) is 0 Å². The number of piperidine rings is 1. The number of nitrogens with zero attached hydrogens (tertiary/aromatic N) is 1. The van der Waals surface area contributed by atoms with Crippen LogP contribution in [0.3, 0.4) is 0 Å². The maximum atomic E-state index is 11.8. The molecule has 1 aliphatic heterocycles. The molecule has 1 saturated heterocycles. The van der Waals surface area contributed by atoms with Crippen molar-refractivity contribution in [2.75, 3.05) is 31.9 Å². The Hall–Kier alpha value is -0.430. The molecular formula is C15H26N2O2S2. The van der Waals surface area contributed by atoms with Crippen LogP contribution in [0.25, 0.3) is 0 Å². The molecule has 0 radical (unpaired) electrons. The minimum atomic E-state index is -3.10. The molecule has 0 spiro atoms. The smallest absolute Gasteiger partial charge is 0.211 e. The lowest BCUT2D eigenvalue weighted by Gasteiger charge is -2.31. The molecule has 0 aliphatic carbocycles. The van der Waals surface area contributed by atoms with Crippen LogP contribution in [0.15, 0.2) is 17.5 Å². The van der Waals surface area contributed by atoms with Crippen molar-refractivity contribution in [1.82, 2.24) is 9.62 Å². The first-order chi connectivity index (χ1) is 9.96. The normalized spacial score (nSPS) is 18.4. The summed E-state index contributed by atoms with van der Waals surface area (Å²) in [4.78, 5) is 3.86. The Morgan fingerprint density at radius 3 is 2.67 bits per heavy atom. The van der Waals surface area contributed by atoms with Crippen LogP contribution in [-0.2, 0) is 10.0 Å². The Kier molecular flexibility index (Phi) is 6.22. The van der Waals surface area contributed by atoms with Crippen molar-refractivity contribution in [3.63, 3.8) is 0 Å². The third-order valence-electron chi connectivity index (χ3n) is 3.84. The van der Waals surface area contributed by atoms with E-state index in [-0.39, 0.29) is 11.7 Å². The Balaban J connectivity index is 1.67.